The van der Waals surface area contributed by atoms with Crippen molar-refractivity contribution in [3.8, 4) is 11.5 Å². The highest BCUT2D eigenvalue weighted by Gasteiger charge is 2.35. The fourth-order valence-corrected chi connectivity index (χ4v) is 5.84. The Kier molecular flexibility index (Phi) is 9.09. The number of carbonyl (C=O) groups excluding carboxylic acids is 1. The lowest BCUT2D eigenvalue weighted by Gasteiger charge is -2.25. The van der Waals surface area contributed by atoms with Crippen LogP contribution >= 0.6 is 0 Å². The number of amides is 1. The predicted octanol–water partition coefficient (Wildman–Crippen LogP) is 2.02. The second kappa shape index (κ2) is 12.5. The van der Waals surface area contributed by atoms with E-state index in [-0.39, 0.29) is 29.5 Å². The number of nitrogens with one attached hydrogen (secondary N) is 2. The van der Waals surface area contributed by atoms with Crippen molar-refractivity contribution in [3.63, 3.8) is 0 Å². The summed E-state index contributed by atoms with van der Waals surface area (Å²) in [5.41, 5.74) is 8.32. The number of aliphatic hydroxyl groups is 2. The van der Waals surface area contributed by atoms with Crippen LogP contribution in [0.25, 0.3) is 0 Å². The van der Waals surface area contributed by atoms with E-state index in [9.17, 15) is 23.4 Å². The van der Waals surface area contributed by atoms with Crippen LogP contribution in [-0.4, -0.2) is 63.6 Å². The van der Waals surface area contributed by atoms with Crippen LogP contribution in [0.15, 0.2) is 88.2 Å². The molecule has 2 aromatic carbocycles. The molecule has 4 atom stereocenters. The van der Waals surface area contributed by atoms with Gasteiger partial charge in [-0.15, -0.1) is 0 Å². The van der Waals surface area contributed by atoms with E-state index in [1.807, 2.05) is 30.3 Å². The summed E-state index contributed by atoms with van der Waals surface area (Å²) in [6.07, 6.45) is 2.25. The molecule has 4 rings (SSSR count). The van der Waals surface area contributed by atoms with Gasteiger partial charge in [-0.05, 0) is 53.8 Å². The predicted molar refractivity (Wildman–Crippen MR) is 145 cm³/mol. The molecule has 1 amide bonds. The number of allylic oxidation sites excluding steroid dienone is 1. The molecule has 0 bridgehead atoms. The lowest BCUT2D eigenvalue weighted by Crippen LogP contribution is -2.46. The van der Waals surface area contributed by atoms with Crippen LogP contribution in [0, 0.1) is 5.92 Å². The Morgan fingerprint density at radius 1 is 1.08 bits per heavy atom. The third-order valence-electron chi connectivity index (χ3n) is 6.80. The van der Waals surface area contributed by atoms with E-state index >= 15 is 0 Å². The molecule has 206 valence electrons. The minimum absolute atomic E-state index is 0.000450. The number of ether oxygens (including phenoxy) is 2. The quantitative estimate of drug-likeness (QED) is 0.296. The molecule has 0 heterocycles. The number of rotatable bonds is 12. The molecule has 10 heteroatoms. The molecule has 4 N–H and O–H groups in total. The van der Waals surface area contributed by atoms with Crippen LogP contribution in [0.2, 0.25) is 0 Å². The van der Waals surface area contributed by atoms with Gasteiger partial charge in [0.15, 0.2) is 11.5 Å². The first-order valence-electron chi connectivity index (χ1n) is 12.5. The maximum atomic E-state index is 13.4. The van der Waals surface area contributed by atoms with Gasteiger partial charge in [0.25, 0.3) is 0 Å². The summed E-state index contributed by atoms with van der Waals surface area (Å²) >= 11 is 0. The van der Waals surface area contributed by atoms with Crippen molar-refractivity contribution in [2.75, 3.05) is 20.8 Å². The van der Waals surface area contributed by atoms with Crippen molar-refractivity contribution in [1.29, 1.82) is 0 Å². The Morgan fingerprint density at radius 3 is 2.51 bits per heavy atom. The van der Waals surface area contributed by atoms with Gasteiger partial charge in [0.2, 0.25) is 15.9 Å². The maximum absolute atomic E-state index is 13.4. The number of carbonyl (C=O) groups is 1. The van der Waals surface area contributed by atoms with E-state index in [2.05, 4.69) is 21.5 Å². The molecule has 39 heavy (non-hydrogen) atoms. The van der Waals surface area contributed by atoms with Crippen molar-refractivity contribution in [2.24, 2.45) is 5.92 Å². The highest BCUT2D eigenvalue weighted by molar-refractivity contribution is 7.89. The molecule has 0 radical (unpaired) electrons. The van der Waals surface area contributed by atoms with E-state index in [0.717, 1.165) is 16.7 Å². The summed E-state index contributed by atoms with van der Waals surface area (Å²) in [6, 6.07) is 13.0. The van der Waals surface area contributed by atoms with Crippen LogP contribution in [0.5, 0.6) is 11.5 Å². The van der Waals surface area contributed by atoms with Crippen LogP contribution < -0.4 is 19.5 Å². The molecule has 0 aliphatic heterocycles. The molecular formula is C29H32N2O7S. The smallest absolute Gasteiger partial charge is 0.240 e. The number of hydrogen-bond acceptors (Lipinski definition) is 7. The highest BCUT2D eigenvalue weighted by Crippen LogP contribution is 2.31. The van der Waals surface area contributed by atoms with Crippen LogP contribution in [-0.2, 0) is 21.2 Å². The maximum Gasteiger partial charge on any atom is 0.240 e. The van der Waals surface area contributed by atoms with Gasteiger partial charge in [0.05, 0.1) is 37.4 Å². The second-order valence-corrected chi connectivity index (χ2v) is 11.2. The van der Waals surface area contributed by atoms with Gasteiger partial charge < -0.3 is 25.0 Å². The highest BCUT2D eigenvalue weighted by atomic mass is 32.2. The first kappa shape index (κ1) is 28.4. The summed E-state index contributed by atoms with van der Waals surface area (Å²) in [5.74, 6) is -0.377. The van der Waals surface area contributed by atoms with Crippen molar-refractivity contribution < 1.29 is 32.9 Å². The Hall–Kier alpha value is -3.62. The second-order valence-electron chi connectivity index (χ2n) is 9.46. The van der Waals surface area contributed by atoms with Crippen LogP contribution in [0.4, 0.5) is 0 Å². The molecule has 2 aliphatic carbocycles. The topological polar surface area (TPSA) is 134 Å². The average molecular weight is 553 g/mol. The van der Waals surface area contributed by atoms with E-state index < -0.39 is 34.2 Å². The largest absolute Gasteiger partial charge is 0.493 e. The molecule has 2 aliphatic rings. The van der Waals surface area contributed by atoms with Crippen molar-refractivity contribution in [3.05, 3.63) is 88.9 Å². The molecule has 2 aromatic rings. The minimum atomic E-state index is -3.97. The van der Waals surface area contributed by atoms with E-state index in [4.69, 9.17) is 9.47 Å². The van der Waals surface area contributed by atoms with Gasteiger partial charge in [-0.1, -0.05) is 41.8 Å². The molecular weight excluding hydrogens is 520 g/mol. The van der Waals surface area contributed by atoms with Gasteiger partial charge in [-0.2, -0.15) is 0 Å². The third kappa shape index (κ3) is 6.88. The van der Waals surface area contributed by atoms with E-state index in [0.29, 0.717) is 18.6 Å². The van der Waals surface area contributed by atoms with Gasteiger partial charge in [0.1, 0.15) is 0 Å². The lowest BCUT2D eigenvalue weighted by atomic mass is 9.92. The monoisotopic (exact) mass is 552 g/mol. The molecule has 9 nitrogen and oxygen atoms in total. The first-order chi connectivity index (χ1) is 18.7. The Morgan fingerprint density at radius 2 is 1.79 bits per heavy atom. The lowest BCUT2D eigenvalue weighted by molar-refractivity contribution is -0.127. The Bertz CT molecular complexity index is 1440. The zero-order valence-corrected chi connectivity index (χ0v) is 22.6. The molecule has 0 saturated heterocycles. The van der Waals surface area contributed by atoms with Gasteiger partial charge in [-0.25, -0.2) is 13.1 Å². The number of hydrogen-bond donors (Lipinski definition) is 4. The van der Waals surface area contributed by atoms with E-state index in [1.54, 1.807) is 12.2 Å². The fraction of sp³-hybridized carbons (Fsp3) is 0.345. The molecule has 0 unspecified atom stereocenters. The summed E-state index contributed by atoms with van der Waals surface area (Å²) in [5, 5.41) is 24.3. The van der Waals surface area contributed by atoms with Crippen molar-refractivity contribution in [1.82, 2.24) is 10.0 Å². The standard InChI is InChI=1S/C29H32N2O7S/c1-37-26-13-12-23(17-27(26)38-2)39(35,36)30-18-22(32)15-21(14-19-8-4-3-5-9-19)29(34)31-28-24-11-7-6-10-20(24)16-25(28)33/h3-5,8-13,17,21-22,25,28,30,32-33H,14-16,18H2,1-2H3,(H,31,34)/t21-,22+,25-,28+/m1/s1. The summed E-state index contributed by atoms with van der Waals surface area (Å²) in [7, 11) is -1.12. The first-order valence-corrected chi connectivity index (χ1v) is 14.0. The molecule has 0 aromatic heterocycles. The minimum Gasteiger partial charge on any atom is -0.493 e. The SMILES string of the molecule is COc1ccc(S(=O)(=O)NC[C@@H](O)C[C@@H](Cc2ccccc2)C(=O)N[C@H]2C3=C(C=C=C=C3)C[C@H]2O)cc1OC. The van der Waals surface area contributed by atoms with Gasteiger partial charge in [-0.3, -0.25) is 4.79 Å². The van der Waals surface area contributed by atoms with Crippen LogP contribution in [0.3, 0.4) is 0 Å². The number of aliphatic hydroxyl groups excluding tert-OH is 2. The molecule has 0 fully saturated rings. The zero-order chi connectivity index (χ0) is 28.0. The number of benzene rings is 2. The van der Waals surface area contributed by atoms with E-state index in [1.165, 1.54) is 32.4 Å². The zero-order valence-electron chi connectivity index (χ0n) is 21.8. The summed E-state index contributed by atoms with van der Waals surface area (Å²) in [4.78, 5) is 13.4. The Labute approximate surface area is 228 Å². The number of sulfonamides is 1. The molecule has 0 saturated carbocycles. The third-order valence-corrected chi connectivity index (χ3v) is 8.22. The molecule has 0 spiro atoms. The Balaban J connectivity index is 1.45. The van der Waals surface area contributed by atoms with Crippen molar-refractivity contribution >= 4 is 15.9 Å². The van der Waals surface area contributed by atoms with Crippen molar-refractivity contribution in [2.45, 2.75) is 42.4 Å². The summed E-state index contributed by atoms with van der Waals surface area (Å²) < 4.78 is 38.5. The van der Waals surface area contributed by atoms with Gasteiger partial charge >= 0.3 is 0 Å². The normalized spacial score (nSPS) is 19.5. The summed E-state index contributed by atoms with van der Waals surface area (Å²) in [6.45, 7) is -0.297. The fourth-order valence-electron chi connectivity index (χ4n) is 4.75. The van der Waals surface area contributed by atoms with Crippen LogP contribution in [0.1, 0.15) is 18.4 Å². The number of methoxy groups -OCH3 is 2. The van der Waals surface area contributed by atoms with Gasteiger partial charge in [0, 0.05) is 24.9 Å². The average Bonchev–Trinajstić information content (AvgIpc) is 3.26.